The van der Waals surface area contributed by atoms with Crippen molar-refractivity contribution in [3.63, 3.8) is 0 Å². The van der Waals surface area contributed by atoms with E-state index in [1.165, 1.54) is 18.2 Å². The molecule has 0 amide bonds. The summed E-state index contributed by atoms with van der Waals surface area (Å²) in [6.45, 7) is 0. The molecule has 2 atom stereocenters. The van der Waals surface area contributed by atoms with Crippen LogP contribution >= 0.6 is 11.6 Å². The molecule has 4 heteroatoms. The number of Topliss-reactive ketones (excluding diaryl/α,β-unsaturated/α-hetero) is 1. The summed E-state index contributed by atoms with van der Waals surface area (Å²) in [6.07, 6.45) is -9.36. The zero-order chi connectivity index (χ0) is 16.3. The number of benzene rings is 1. The van der Waals surface area contributed by atoms with Crippen LogP contribution in [-0.2, 0) is 10.3 Å². The Kier molecular flexibility index (Phi) is 1.76. The second-order valence-electron chi connectivity index (χ2n) is 3.50. The molecule has 86 valence electrons. The van der Waals surface area contributed by atoms with E-state index in [1.54, 1.807) is 6.07 Å². The molecule has 0 heterocycles. The SMILES string of the molecule is [2H]C1([2H])CC([2H])([2H])C(N)(c2ccccc2Cl)C(=O)C1([2H])O. The predicted molar refractivity (Wildman–Crippen MR) is 62.2 cm³/mol. The van der Waals surface area contributed by atoms with E-state index in [0.29, 0.717) is 0 Å². The molecule has 1 aromatic carbocycles. The maximum Gasteiger partial charge on any atom is 0.185 e. The van der Waals surface area contributed by atoms with Gasteiger partial charge < -0.3 is 10.8 Å². The summed E-state index contributed by atoms with van der Waals surface area (Å²) in [6, 6.07) is 5.78. The topological polar surface area (TPSA) is 63.3 Å². The average Bonchev–Trinajstić information content (AvgIpc) is 2.34. The van der Waals surface area contributed by atoms with Crippen molar-refractivity contribution < 1.29 is 16.8 Å². The number of carbonyl (C=O) groups is 1. The number of halogens is 1. The van der Waals surface area contributed by atoms with Crippen molar-refractivity contribution in [1.82, 2.24) is 0 Å². The summed E-state index contributed by atoms with van der Waals surface area (Å²) in [7, 11) is 0. The third-order valence-electron chi connectivity index (χ3n) is 2.49. The van der Waals surface area contributed by atoms with Crippen LogP contribution in [-0.4, -0.2) is 17.0 Å². The maximum atomic E-state index is 12.5. The number of carbonyl (C=O) groups excluding carboxylic acids is 1. The lowest BCUT2D eigenvalue weighted by Gasteiger charge is -2.35. The standard InChI is InChI=1S/C12H14ClNO2/c13-9-5-2-1-4-8(9)12(14)7-3-6-10(15)11(12)16/h1-2,4-5,10,15H,3,6-7,14H2/i6D2,7D2,10D. The fraction of sp³-hybridized carbons (Fsp3) is 0.417. The maximum absolute atomic E-state index is 12.5. The highest BCUT2D eigenvalue weighted by molar-refractivity contribution is 6.31. The largest absolute Gasteiger partial charge is 0.385 e. The molecule has 3 N–H and O–H groups in total. The van der Waals surface area contributed by atoms with Gasteiger partial charge in [-0.25, -0.2) is 0 Å². The molecular weight excluding hydrogens is 226 g/mol. The molecule has 1 aromatic rings. The first kappa shape index (κ1) is 6.74. The summed E-state index contributed by atoms with van der Waals surface area (Å²) < 4.78 is 38.8. The zero-order valence-corrected chi connectivity index (χ0v) is 9.08. The highest BCUT2D eigenvalue weighted by Gasteiger charge is 2.43. The second kappa shape index (κ2) is 4.17. The Morgan fingerprint density at radius 1 is 1.62 bits per heavy atom. The normalized spacial score (nSPS) is 45.9. The van der Waals surface area contributed by atoms with Crippen molar-refractivity contribution >= 4 is 17.4 Å². The molecule has 1 aliphatic carbocycles. The van der Waals surface area contributed by atoms with Gasteiger partial charge in [0.05, 0.1) is 1.37 Å². The Bertz CT molecular complexity index is 607. The fourth-order valence-corrected chi connectivity index (χ4v) is 1.90. The van der Waals surface area contributed by atoms with Gasteiger partial charge in [-0.1, -0.05) is 29.8 Å². The Balaban J connectivity index is 2.72. The summed E-state index contributed by atoms with van der Waals surface area (Å²) in [5.74, 6) is -1.45. The van der Waals surface area contributed by atoms with E-state index in [-0.39, 0.29) is 10.6 Å². The highest BCUT2D eigenvalue weighted by Crippen LogP contribution is 2.35. The first-order chi connectivity index (χ1) is 9.38. The van der Waals surface area contributed by atoms with Gasteiger partial charge in [0.25, 0.3) is 0 Å². The third kappa shape index (κ3) is 1.75. The van der Waals surface area contributed by atoms with Crippen LogP contribution in [0.25, 0.3) is 0 Å². The summed E-state index contributed by atoms with van der Waals surface area (Å²) in [5, 5.41) is 9.95. The third-order valence-corrected chi connectivity index (χ3v) is 2.82. The van der Waals surface area contributed by atoms with E-state index in [2.05, 4.69) is 0 Å². The van der Waals surface area contributed by atoms with Crippen LogP contribution in [0.5, 0.6) is 0 Å². The lowest BCUT2D eigenvalue weighted by atomic mass is 9.75. The van der Waals surface area contributed by atoms with E-state index in [9.17, 15) is 9.90 Å². The van der Waals surface area contributed by atoms with E-state index in [0.717, 1.165) is 0 Å². The van der Waals surface area contributed by atoms with Crippen LogP contribution in [0.2, 0.25) is 5.02 Å². The van der Waals surface area contributed by atoms with Gasteiger partial charge in [0.2, 0.25) is 0 Å². The quantitative estimate of drug-likeness (QED) is 0.789. The van der Waals surface area contributed by atoms with Gasteiger partial charge >= 0.3 is 0 Å². The van der Waals surface area contributed by atoms with Crippen molar-refractivity contribution in [3.05, 3.63) is 34.9 Å². The minimum atomic E-state index is -3.16. The lowest BCUT2D eigenvalue weighted by molar-refractivity contribution is -0.136. The lowest BCUT2D eigenvalue weighted by Crippen LogP contribution is -2.52. The van der Waals surface area contributed by atoms with Crippen molar-refractivity contribution in [2.75, 3.05) is 0 Å². The molecule has 0 aromatic heterocycles. The van der Waals surface area contributed by atoms with Crippen LogP contribution < -0.4 is 5.73 Å². The van der Waals surface area contributed by atoms with Gasteiger partial charge in [0.1, 0.15) is 11.6 Å². The Labute approximate surface area is 106 Å². The minimum Gasteiger partial charge on any atom is -0.385 e. The predicted octanol–water partition coefficient (Wildman–Crippen LogP) is 1.61. The van der Waals surface area contributed by atoms with E-state index >= 15 is 0 Å². The number of rotatable bonds is 1. The molecule has 2 unspecified atom stereocenters. The summed E-state index contributed by atoms with van der Waals surface area (Å²) in [5.41, 5.74) is 3.45. The molecule has 0 radical (unpaired) electrons. The van der Waals surface area contributed by atoms with E-state index in [1.807, 2.05) is 0 Å². The Morgan fingerprint density at radius 3 is 3.00 bits per heavy atom. The first-order valence-corrected chi connectivity index (χ1v) is 5.07. The van der Waals surface area contributed by atoms with Crippen LogP contribution in [0, 0.1) is 0 Å². The van der Waals surface area contributed by atoms with Gasteiger partial charge in [-0.15, -0.1) is 0 Å². The van der Waals surface area contributed by atoms with Gasteiger partial charge in [-0.3, -0.25) is 4.79 Å². The first-order valence-electron chi connectivity index (χ1n) is 7.19. The minimum absolute atomic E-state index is 0.00971. The molecule has 2 rings (SSSR count). The molecule has 1 aliphatic rings. The highest BCUT2D eigenvalue weighted by atomic mass is 35.5. The van der Waals surface area contributed by atoms with Crippen molar-refractivity contribution in [1.29, 1.82) is 0 Å². The number of aliphatic hydroxyl groups is 1. The zero-order valence-electron chi connectivity index (χ0n) is 13.3. The molecule has 0 spiro atoms. The van der Waals surface area contributed by atoms with Gasteiger partial charge in [-0.2, -0.15) is 0 Å². The second-order valence-corrected chi connectivity index (χ2v) is 3.90. The Morgan fingerprint density at radius 2 is 2.31 bits per heavy atom. The number of nitrogens with two attached hydrogens (primary N) is 1. The number of hydrogen-bond donors (Lipinski definition) is 2. The molecule has 0 aliphatic heterocycles. The monoisotopic (exact) mass is 244 g/mol. The Hall–Kier alpha value is -0.900. The van der Waals surface area contributed by atoms with Gasteiger partial charge in [0, 0.05) is 10.5 Å². The van der Waals surface area contributed by atoms with Gasteiger partial charge in [-0.05, 0) is 30.8 Å². The smallest absolute Gasteiger partial charge is 0.185 e. The van der Waals surface area contributed by atoms with Crippen LogP contribution in [0.1, 0.15) is 31.6 Å². The molecule has 16 heavy (non-hydrogen) atoms. The van der Waals surface area contributed by atoms with Crippen LogP contribution in [0.15, 0.2) is 24.3 Å². The van der Waals surface area contributed by atoms with Gasteiger partial charge in [0.15, 0.2) is 5.78 Å². The summed E-state index contributed by atoms with van der Waals surface area (Å²) >= 11 is 5.97. The average molecular weight is 245 g/mol. The van der Waals surface area contributed by atoms with Crippen molar-refractivity contribution in [2.24, 2.45) is 5.73 Å². The molecule has 1 saturated carbocycles. The molecule has 3 nitrogen and oxygen atoms in total. The van der Waals surface area contributed by atoms with Crippen molar-refractivity contribution in [2.45, 2.75) is 30.8 Å². The number of ketones is 1. The van der Waals surface area contributed by atoms with Crippen LogP contribution in [0.4, 0.5) is 0 Å². The number of hydrogen-bond acceptors (Lipinski definition) is 3. The van der Waals surface area contributed by atoms with E-state index in [4.69, 9.17) is 24.2 Å². The van der Waals surface area contributed by atoms with Crippen LogP contribution in [0.3, 0.4) is 0 Å². The molecular formula is C12H14ClNO2. The molecule has 0 saturated heterocycles. The fourth-order valence-electron chi connectivity index (χ4n) is 1.61. The molecule has 1 fully saturated rings. The van der Waals surface area contributed by atoms with E-state index < -0.39 is 36.6 Å². The molecule has 0 bridgehead atoms. The summed E-state index contributed by atoms with van der Waals surface area (Å²) in [4.78, 5) is 12.5. The van der Waals surface area contributed by atoms with Crippen molar-refractivity contribution in [3.8, 4) is 0 Å².